The van der Waals surface area contributed by atoms with Gasteiger partial charge in [-0.05, 0) is 30.2 Å². The topological polar surface area (TPSA) is 18.5 Å². The van der Waals surface area contributed by atoms with E-state index in [1.165, 1.54) is 11.1 Å². The largest absolute Gasteiger partial charge is 0.497 e. The molecule has 1 saturated heterocycles. The summed E-state index contributed by atoms with van der Waals surface area (Å²) in [5.74, 6) is 1.32. The second kappa shape index (κ2) is 5.69. The second-order valence-electron chi connectivity index (χ2n) is 4.14. The van der Waals surface area contributed by atoms with Gasteiger partial charge in [0.1, 0.15) is 5.75 Å². The van der Waals surface area contributed by atoms with Crippen molar-refractivity contribution >= 4 is 6.08 Å². The number of hydrogen-bond acceptors (Lipinski definition) is 2. The van der Waals surface area contributed by atoms with E-state index >= 15 is 0 Å². The fraction of sp³-hybridized carbons (Fsp3) is 0.333. The van der Waals surface area contributed by atoms with Crippen molar-refractivity contribution < 1.29 is 9.47 Å². The first kappa shape index (κ1) is 11.9. The summed E-state index contributed by atoms with van der Waals surface area (Å²) in [6, 6.07) is 8.09. The van der Waals surface area contributed by atoms with Crippen LogP contribution in [0.5, 0.6) is 5.75 Å². The van der Waals surface area contributed by atoms with Crippen molar-refractivity contribution in [3.63, 3.8) is 0 Å². The van der Waals surface area contributed by atoms with Crippen molar-refractivity contribution in [2.24, 2.45) is 5.92 Å². The summed E-state index contributed by atoms with van der Waals surface area (Å²) in [5.41, 5.74) is 2.54. The van der Waals surface area contributed by atoms with Gasteiger partial charge in [-0.25, -0.2) is 0 Å². The number of hydrogen-bond donors (Lipinski definition) is 0. The lowest BCUT2D eigenvalue weighted by molar-refractivity contribution is 0.195. The highest BCUT2D eigenvalue weighted by atomic mass is 16.5. The summed E-state index contributed by atoms with van der Waals surface area (Å²) >= 11 is 0. The fourth-order valence-corrected chi connectivity index (χ4v) is 1.99. The number of allylic oxidation sites excluding steroid dienone is 1. The summed E-state index contributed by atoms with van der Waals surface area (Å²) in [7, 11) is 1.68. The van der Waals surface area contributed by atoms with Crippen molar-refractivity contribution in [3.8, 4) is 5.75 Å². The molecule has 1 atom stereocenters. The van der Waals surface area contributed by atoms with E-state index in [0.29, 0.717) is 5.92 Å². The van der Waals surface area contributed by atoms with Gasteiger partial charge < -0.3 is 9.47 Å². The standard InChI is InChI=1S/C15H18O2/c1-3-4-13-10-17-11-14(13)9-12-5-7-15(16-2)8-6-12/h3-9,13H,10-11H2,1-2H3/b4-3-,14-9-. The number of rotatable bonds is 3. The molecule has 1 aromatic rings. The summed E-state index contributed by atoms with van der Waals surface area (Å²) in [6.45, 7) is 3.58. The molecule has 2 nitrogen and oxygen atoms in total. The highest BCUT2D eigenvalue weighted by Crippen LogP contribution is 2.24. The molecule has 1 aromatic carbocycles. The molecular weight excluding hydrogens is 212 g/mol. The molecule has 1 fully saturated rings. The summed E-state index contributed by atoms with van der Waals surface area (Å²) < 4.78 is 10.6. The van der Waals surface area contributed by atoms with Crippen LogP contribution < -0.4 is 4.74 Å². The molecule has 1 aliphatic rings. The third-order valence-electron chi connectivity index (χ3n) is 2.94. The van der Waals surface area contributed by atoms with Gasteiger partial charge in [0, 0.05) is 5.92 Å². The number of benzene rings is 1. The van der Waals surface area contributed by atoms with Gasteiger partial charge in [-0.1, -0.05) is 30.4 Å². The third kappa shape index (κ3) is 2.98. The number of methoxy groups -OCH3 is 1. The minimum atomic E-state index is 0.433. The molecule has 0 aliphatic carbocycles. The first-order chi connectivity index (χ1) is 8.33. The Morgan fingerprint density at radius 1 is 1.29 bits per heavy atom. The van der Waals surface area contributed by atoms with Gasteiger partial charge in [0.2, 0.25) is 0 Å². The van der Waals surface area contributed by atoms with Crippen molar-refractivity contribution in [1.82, 2.24) is 0 Å². The Hall–Kier alpha value is -1.54. The molecule has 0 spiro atoms. The smallest absolute Gasteiger partial charge is 0.118 e. The average molecular weight is 230 g/mol. The lowest BCUT2D eigenvalue weighted by Crippen LogP contribution is -1.96. The van der Waals surface area contributed by atoms with Gasteiger partial charge in [0.05, 0.1) is 20.3 Å². The predicted molar refractivity (Wildman–Crippen MR) is 70.1 cm³/mol. The third-order valence-corrected chi connectivity index (χ3v) is 2.94. The van der Waals surface area contributed by atoms with E-state index in [0.717, 1.165) is 19.0 Å². The van der Waals surface area contributed by atoms with E-state index in [2.05, 4.69) is 30.4 Å². The molecule has 1 aliphatic heterocycles. The summed E-state index contributed by atoms with van der Waals surface area (Å²) in [5, 5.41) is 0. The van der Waals surface area contributed by atoms with Crippen LogP contribution in [0.2, 0.25) is 0 Å². The van der Waals surface area contributed by atoms with E-state index in [4.69, 9.17) is 9.47 Å². The Morgan fingerprint density at radius 3 is 2.71 bits per heavy atom. The highest BCUT2D eigenvalue weighted by Gasteiger charge is 2.18. The molecule has 0 N–H and O–H groups in total. The van der Waals surface area contributed by atoms with Gasteiger partial charge >= 0.3 is 0 Å². The Labute approximate surface area is 103 Å². The summed E-state index contributed by atoms with van der Waals surface area (Å²) in [6.07, 6.45) is 6.49. The van der Waals surface area contributed by atoms with E-state index < -0.39 is 0 Å². The summed E-state index contributed by atoms with van der Waals surface area (Å²) in [4.78, 5) is 0. The lowest BCUT2D eigenvalue weighted by atomic mass is 10.00. The molecule has 0 aromatic heterocycles. The SMILES string of the molecule is C/C=C\C1COC/C1=C/c1ccc(OC)cc1. The zero-order valence-corrected chi connectivity index (χ0v) is 10.3. The molecule has 2 heteroatoms. The Bertz CT molecular complexity index is 415. The van der Waals surface area contributed by atoms with Crippen molar-refractivity contribution in [1.29, 1.82) is 0 Å². The Morgan fingerprint density at radius 2 is 2.06 bits per heavy atom. The van der Waals surface area contributed by atoms with Crippen LogP contribution in [-0.4, -0.2) is 20.3 Å². The van der Waals surface area contributed by atoms with Gasteiger partial charge in [-0.15, -0.1) is 0 Å². The van der Waals surface area contributed by atoms with Gasteiger partial charge in [-0.3, -0.25) is 0 Å². The normalized spacial score (nSPS) is 22.5. The van der Waals surface area contributed by atoms with E-state index in [1.54, 1.807) is 7.11 Å². The molecule has 0 radical (unpaired) electrons. The maximum absolute atomic E-state index is 5.50. The maximum atomic E-state index is 5.50. The molecule has 0 amide bonds. The molecule has 0 bridgehead atoms. The van der Waals surface area contributed by atoms with Crippen molar-refractivity contribution in [3.05, 3.63) is 47.6 Å². The molecule has 0 saturated carbocycles. The van der Waals surface area contributed by atoms with E-state index in [1.807, 2.05) is 19.1 Å². The Kier molecular flexibility index (Phi) is 3.99. The van der Waals surface area contributed by atoms with Crippen LogP contribution in [0, 0.1) is 5.92 Å². The highest BCUT2D eigenvalue weighted by molar-refractivity contribution is 5.55. The second-order valence-corrected chi connectivity index (χ2v) is 4.14. The van der Waals surface area contributed by atoms with Crippen LogP contribution in [0.3, 0.4) is 0 Å². The first-order valence-corrected chi connectivity index (χ1v) is 5.88. The molecule has 90 valence electrons. The van der Waals surface area contributed by atoms with E-state index in [-0.39, 0.29) is 0 Å². The van der Waals surface area contributed by atoms with Gasteiger partial charge in [-0.2, -0.15) is 0 Å². The molecule has 1 unspecified atom stereocenters. The van der Waals surface area contributed by atoms with E-state index in [9.17, 15) is 0 Å². The number of ether oxygens (including phenoxy) is 2. The zero-order valence-electron chi connectivity index (χ0n) is 10.3. The van der Waals surface area contributed by atoms with Crippen LogP contribution >= 0.6 is 0 Å². The van der Waals surface area contributed by atoms with Crippen LogP contribution in [0.15, 0.2) is 42.0 Å². The minimum Gasteiger partial charge on any atom is -0.497 e. The van der Waals surface area contributed by atoms with Gasteiger partial charge in [0.25, 0.3) is 0 Å². The molecule has 2 rings (SSSR count). The Balaban J connectivity index is 2.16. The van der Waals surface area contributed by atoms with Gasteiger partial charge in [0.15, 0.2) is 0 Å². The minimum absolute atomic E-state index is 0.433. The molecule has 17 heavy (non-hydrogen) atoms. The van der Waals surface area contributed by atoms with Crippen LogP contribution in [0.4, 0.5) is 0 Å². The monoisotopic (exact) mass is 230 g/mol. The van der Waals surface area contributed by atoms with Crippen molar-refractivity contribution in [2.45, 2.75) is 6.92 Å². The first-order valence-electron chi connectivity index (χ1n) is 5.88. The van der Waals surface area contributed by atoms with Crippen LogP contribution in [-0.2, 0) is 4.74 Å². The van der Waals surface area contributed by atoms with Crippen LogP contribution in [0.25, 0.3) is 6.08 Å². The van der Waals surface area contributed by atoms with Crippen molar-refractivity contribution in [2.75, 3.05) is 20.3 Å². The average Bonchev–Trinajstić information content (AvgIpc) is 2.78. The molecular formula is C15H18O2. The lowest BCUT2D eigenvalue weighted by Gasteiger charge is -2.04. The zero-order chi connectivity index (χ0) is 12.1. The fourth-order valence-electron chi connectivity index (χ4n) is 1.99. The quantitative estimate of drug-likeness (QED) is 0.742. The predicted octanol–water partition coefficient (Wildman–Crippen LogP) is 3.30. The maximum Gasteiger partial charge on any atom is 0.118 e. The van der Waals surface area contributed by atoms with Crippen LogP contribution in [0.1, 0.15) is 12.5 Å². The molecule has 1 heterocycles.